The second-order valence-corrected chi connectivity index (χ2v) is 9.79. The Morgan fingerprint density at radius 2 is 1.58 bits per heavy atom. The van der Waals surface area contributed by atoms with E-state index in [0.29, 0.717) is 18.1 Å². The number of esters is 1. The minimum absolute atomic E-state index is 0.0380. The molecule has 1 fully saturated rings. The smallest absolute Gasteiger partial charge is 0.338 e. The highest BCUT2D eigenvalue weighted by molar-refractivity contribution is 7.89. The molecule has 0 aliphatic carbocycles. The first-order chi connectivity index (χ1) is 15.7. The van der Waals surface area contributed by atoms with Crippen LogP contribution in [0.25, 0.3) is 0 Å². The highest BCUT2D eigenvalue weighted by Crippen LogP contribution is 2.19. The highest BCUT2D eigenvalue weighted by Gasteiger charge is 2.29. The molecule has 1 aliphatic rings. The second kappa shape index (κ2) is 10.8. The number of carbonyl (C=O) groups excluding carboxylic acids is 3. The average molecular weight is 494 g/mol. The molecule has 9 nitrogen and oxygen atoms in total. The SMILES string of the molecule is CC(=O)N1CCN(S(=O)(=O)c2ccc(C(=O)OCC(=O)NCc3ccc(Cl)cc3)cc2)CC1. The maximum atomic E-state index is 12.8. The summed E-state index contributed by atoms with van der Waals surface area (Å²) in [6.45, 7) is 2.32. The molecule has 0 saturated carbocycles. The predicted molar refractivity (Wildman–Crippen MR) is 121 cm³/mol. The van der Waals surface area contributed by atoms with Crippen LogP contribution in [0.3, 0.4) is 0 Å². The molecule has 0 atom stereocenters. The van der Waals surface area contributed by atoms with Gasteiger partial charge in [0.05, 0.1) is 10.5 Å². The van der Waals surface area contributed by atoms with E-state index in [4.69, 9.17) is 16.3 Å². The molecule has 0 bridgehead atoms. The largest absolute Gasteiger partial charge is 0.452 e. The van der Waals surface area contributed by atoms with Crippen molar-refractivity contribution < 1.29 is 27.5 Å². The lowest BCUT2D eigenvalue weighted by atomic mass is 10.2. The van der Waals surface area contributed by atoms with E-state index in [0.717, 1.165) is 5.56 Å². The van der Waals surface area contributed by atoms with Crippen molar-refractivity contribution in [3.05, 3.63) is 64.7 Å². The quantitative estimate of drug-likeness (QED) is 0.587. The number of nitrogens with zero attached hydrogens (tertiary/aromatic N) is 2. The number of amides is 2. The molecule has 2 aromatic carbocycles. The maximum absolute atomic E-state index is 12.8. The van der Waals surface area contributed by atoms with E-state index in [1.54, 1.807) is 29.2 Å². The van der Waals surface area contributed by atoms with Gasteiger partial charge in [-0.1, -0.05) is 23.7 Å². The van der Waals surface area contributed by atoms with Crippen molar-refractivity contribution >= 4 is 39.4 Å². The first-order valence-corrected chi connectivity index (χ1v) is 12.0. The van der Waals surface area contributed by atoms with Crippen LogP contribution in [-0.2, 0) is 30.9 Å². The van der Waals surface area contributed by atoms with Gasteiger partial charge in [0.2, 0.25) is 15.9 Å². The number of nitrogens with one attached hydrogen (secondary N) is 1. The second-order valence-electron chi connectivity index (χ2n) is 7.41. The number of hydrogen-bond acceptors (Lipinski definition) is 6. The molecule has 0 radical (unpaired) electrons. The van der Waals surface area contributed by atoms with Crippen molar-refractivity contribution in [1.29, 1.82) is 0 Å². The summed E-state index contributed by atoms with van der Waals surface area (Å²) in [6.07, 6.45) is 0. The lowest BCUT2D eigenvalue weighted by Crippen LogP contribution is -2.49. The van der Waals surface area contributed by atoms with E-state index < -0.39 is 28.5 Å². The van der Waals surface area contributed by atoms with Gasteiger partial charge in [0.1, 0.15) is 0 Å². The van der Waals surface area contributed by atoms with E-state index in [9.17, 15) is 22.8 Å². The Hall–Kier alpha value is -2.95. The number of piperazine rings is 1. The molecule has 1 heterocycles. The standard InChI is InChI=1S/C22H24ClN3O6S/c1-16(27)25-10-12-26(13-11-25)33(30,31)20-8-4-18(5-9-20)22(29)32-15-21(28)24-14-17-2-6-19(23)7-3-17/h2-9H,10-15H2,1H3,(H,24,28). The van der Waals surface area contributed by atoms with Crippen molar-refractivity contribution in [2.24, 2.45) is 0 Å². The lowest BCUT2D eigenvalue weighted by Gasteiger charge is -2.33. The fraction of sp³-hybridized carbons (Fsp3) is 0.318. The van der Waals surface area contributed by atoms with Gasteiger partial charge in [-0.25, -0.2) is 13.2 Å². The summed E-state index contributed by atoms with van der Waals surface area (Å²) in [7, 11) is -3.74. The fourth-order valence-corrected chi connectivity index (χ4v) is 4.77. The normalized spacial score (nSPS) is 14.5. The summed E-state index contributed by atoms with van der Waals surface area (Å²) in [5, 5.41) is 3.22. The van der Waals surface area contributed by atoms with Gasteiger partial charge < -0.3 is 15.0 Å². The van der Waals surface area contributed by atoms with Crippen LogP contribution in [0.1, 0.15) is 22.8 Å². The van der Waals surface area contributed by atoms with Crippen LogP contribution in [0.5, 0.6) is 0 Å². The third-order valence-corrected chi connectivity index (χ3v) is 7.31. The van der Waals surface area contributed by atoms with E-state index in [-0.39, 0.29) is 36.0 Å². The molecule has 1 saturated heterocycles. The molecule has 0 unspecified atom stereocenters. The summed E-state index contributed by atoms with van der Waals surface area (Å²) in [6, 6.07) is 12.3. The third kappa shape index (κ3) is 6.53. The number of hydrogen-bond donors (Lipinski definition) is 1. The number of ether oxygens (including phenoxy) is 1. The van der Waals surface area contributed by atoms with E-state index >= 15 is 0 Å². The highest BCUT2D eigenvalue weighted by atomic mass is 35.5. The summed E-state index contributed by atoms with van der Waals surface area (Å²) in [5.74, 6) is -1.30. The zero-order chi connectivity index (χ0) is 24.0. The average Bonchev–Trinajstić information content (AvgIpc) is 2.82. The van der Waals surface area contributed by atoms with Gasteiger partial charge in [0.15, 0.2) is 6.61 Å². The topological polar surface area (TPSA) is 113 Å². The Morgan fingerprint density at radius 3 is 2.15 bits per heavy atom. The van der Waals surface area contributed by atoms with Crippen LogP contribution in [-0.4, -0.2) is 68.2 Å². The minimum Gasteiger partial charge on any atom is -0.452 e. The van der Waals surface area contributed by atoms with Crippen LogP contribution in [0, 0.1) is 0 Å². The van der Waals surface area contributed by atoms with Gasteiger partial charge >= 0.3 is 5.97 Å². The fourth-order valence-electron chi connectivity index (χ4n) is 3.22. The van der Waals surface area contributed by atoms with E-state index in [1.807, 2.05) is 0 Å². The zero-order valence-corrected chi connectivity index (χ0v) is 19.6. The maximum Gasteiger partial charge on any atom is 0.338 e. The van der Waals surface area contributed by atoms with Crippen molar-refractivity contribution in [2.75, 3.05) is 32.8 Å². The molecular formula is C22H24ClN3O6S. The summed E-state index contributed by atoms with van der Waals surface area (Å²) >= 11 is 5.81. The van der Waals surface area contributed by atoms with Crippen LogP contribution >= 0.6 is 11.6 Å². The third-order valence-electron chi connectivity index (χ3n) is 5.15. The molecule has 2 amide bonds. The first-order valence-electron chi connectivity index (χ1n) is 10.2. The number of benzene rings is 2. The lowest BCUT2D eigenvalue weighted by molar-refractivity contribution is -0.130. The summed E-state index contributed by atoms with van der Waals surface area (Å²) < 4.78 is 31.9. The molecule has 1 N–H and O–H groups in total. The van der Waals surface area contributed by atoms with E-state index in [2.05, 4.69) is 5.32 Å². The molecule has 0 aromatic heterocycles. The van der Waals surface area contributed by atoms with Gasteiger partial charge in [0.25, 0.3) is 5.91 Å². The minimum atomic E-state index is -3.74. The molecule has 176 valence electrons. The molecular weight excluding hydrogens is 470 g/mol. The number of sulfonamides is 1. The number of carbonyl (C=O) groups is 3. The van der Waals surface area contributed by atoms with Gasteiger partial charge in [-0.2, -0.15) is 4.31 Å². The molecule has 1 aliphatic heterocycles. The van der Waals surface area contributed by atoms with Gasteiger partial charge in [-0.3, -0.25) is 9.59 Å². The Morgan fingerprint density at radius 1 is 0.970 bits per heavy atom. The molecule has 11 heteroatoms. The Balaban J connectivity index is 1.50. The van der Waals surface area contributed by atoms with Crippen LogP contribution in [0.2, 0.25) is 5.02 Å². The molecule has 3 rings (SSSR count). The monoisotopic (exact) mass is 493 g/mol. The molecule has 2 aromatic rings. The zero-order valence-electron chi connectivity index (χ0n) is 18.0. The van der Waals surface area contributed by atoms with Crippen molar-refractivity contribution in [3.63, 3.8) is 0 Å². The van der Waals surface area contributed by atoms with Crippen molar-refractivity contribution in [1.82, 2.24) is 14.5 Å². The molecule has 33 heavy (non-hydrogen) atoms. The summed E-state index contributed by atoms with van der Waals surface area (Å²) in [4.78, 5) is 37.2. The van der Waals surface area contributed by atoms with E-state index in [1.165, 1.54) is 35.5 Å². The number of rotatable bonds is 7. The molecule has 0 spiro atoms. The van der Waals surface area contributed by atoms with Gasteiger partial charge in [-0.15, -0.1) is 0 Å². The number of halogens is 1. The van der Waals surface area contributed by atoms with Gasteiger partial charge in [-0.05, 0) is 42.0 Å². The van der Waals surface area contributed by atoms with Crippen LogP contribution in [0.15, 0.2) is 53.4 Å². The predicted octanol–water partition coefficient (Wildman–Crippen LogP) is 1.67. The Labute approximate surface area is 197 Å². The van der Waals surface area contributed by atoms with Crippen molar-refractivity contribution in [2.45, 2.75) is 18.4 Å². The van der Waals surface area contributed by atoms with Crippen molar-refractivity contribution in [3.8, 4) is 0 Å². The first kappa shape index (κ1) is 24.7. The van der Waals surface area contributed by atoms with Crippen LogP contribution < -0.4 is 5.32 Å². The Kier molecular flexibility index (Phi) is 8.06. The van der Waals surface area contributed by atoms with Gasteiger partial charge in [0, 0.05) is 44.7 Å². The van der Waals surface area contributed by atoms with Crippen LogP contribution in [0.4, 0.5) is 0 Å². The summed E-state index contributed by atoms with van der Waals surface area (Å²) in [5.41, 5.74) is 0.972. The Bertz CT molecular complexity index is 1110.